The predicted octanol–water partition coefficient (Wildman–Crippen LogP) is 2.75. The van der Waals surface area contributed by atoms with Gasteiger partial charge in [0.05, 0.1) is 34.2 Å². The highest BCUT2D eigenvalue weighted by atomic mass is 14.9. The second kappa shape index (κ2) is 13.1. The Labute approximate surface area is 196 Å². The summed E-state index contributed by atoms with van der Waals surface area (Å²) in [6.45, 7) is 7.65. The van der Waals surface area contributed by atoms with E-state index in [0.29, 0.717) is 0 Å². The molecule has 0 atom stereocenters. The van der Waals surface area contributed by atoms with Crippen molar-refractivity contribution >= 4 is 0 Å². The summed E-state index contributed by atoms with van der Waals surface area (Å²) in [6, 6.07) is 18.3. The largest absolute Gasteiger partial charge is 0.317 e. The lowest BCUT2D eigenvalue weighted by Crippen LogP contribution is -2.26. The molecule has 0 saturated carbocycles. The highest BCUT2D eigenvalue weighted by Crippen LogP contribution is 2.21. The van der Waals surface area contributed by atoms with E-state index in [9.17, 15) is 0 Å². The molecule has 0 amide bonds. The van der Waals surface area contributed by atoms with Crippen LogP contribution in [0.5, 0.6) is 0 Å². The number of fused-ring (bicyclic) bond motifs is 8. The van der Waals surface area contributed by atoms with E-state index >= 15 is 0 Å². The zero-order valence-electron chi connectivity index (χ0n) is 19.3. The first kappa shape index (κ1) is 23.4. The molecule has 1 aliphatic rings. The van der Waals surface area contributed by atoms with Crippen LogP contribution in [0.25, 0.3) is 22.8 Å². The van der Waals surface area contributed by atoms with Gasteiger partial charge in [-0.25, -0.2) is 15.0 Å². The van der Waals surface area contributed by atoms with E-state index < -0.39 is 0 Å². The highest BCUT2D eigenvalue weighted by molar-refractivity contribution is 5.61. The molecule has 0 spiro atoms. The summed E-state index contributed by atoms with van der Waals surface area (Å²) in [5, 5.41) is 14.1. The van der Waals surface area contributed by atoms with Crippen molar-refractivity contribution in [1.29, 1.82) is 0 Å². The van der Waals surface area contributed by atoms with Crippen molar-refractivity contribution in [3.8, 4) is 22.8 Å². The lowest BCUT2D eigenvalue weighted by atomic mass is 10.2. The van der Waals surface area contributed by atoms with Gasteiger partial charge in [0.25, 0.3) is 0 Å². The van der Waals surface area contributed by atoms with Crippen molar-refractivity contribution in [2.45, 2.75) is 32.4 Å². The topological polar surface area (TPSA) is 86.8 Å². The van der Waals surface area contributed by atoms with Gasteiger partial charge in [-0.1, -0.05) is 18.2 Å². The first-order valence-electron chi connectivity index (χ1n) is 12.1. The first-order valence-corrected chi connectivity index (χ1v) is 12.1. The summed E-state index contributed by atoms with van der Waals surface area (Å²) in [6.07, 6.45) is 3.37. The lowest BCUT2D eigenvalue weighted by Gasteiger charge is -2.10. The second-order valence-corrected chi connectivity index (χ2v) is 8.35. The minimum atomic E-state index is 0.758. The SMILES string of the molecule is c1cc2nc(c1)-c1cccc(n1)-c1cccc(n1)CNCCCNCCCNCCCNC2. The number of hydrogen-bond donors (Lipinski definition) is 4. The zero-order valence-corrected chi connectivity index (χ0v) is 19.3. The third-order valence-electron chi connectivity index (χ3n) is 5.62. The fourth-order valence-corrected chi connectivity index (χ4v) is 3.86. The molecule has 7 heteroatoms. The molecular formula is C26H35N7. The standard InChI is InChI=1S/C26H35N7/c1-7-21-19-29-17-5-15-27-13-4-14-28-16-6-18-30-20-22-8-2-10-24(32-22)26-12-3-11-25(33-26)23(9-1)31-21/h1-3,7-12,27-30H,4-6,13-20H2. The zero-order chi connectivity index (χ0) is 22.6. The summed E-state index contributed by atoms with van der Waals surface area (Å²) >= 11 is 0. The van der Waals surface area contributed by atoms with Crippen LogP contribution in [0.3, 0.4) is 0 Å². The number of nitrogens with zero attached hydrogens (tertiary/aromatic N) is 3. The molecule has 0 aliphatic carbocycles. The van der Waals surface area contributed by atoms with Gasteiger partial charge in [-0.2, -0.15) is 0 Å². The summed E-state index contributed by atoms with van der Waals surface area (Å²) in [5.74, 6) is 0. The van der Waals surface area contributed by atoms with Gasteiger partial charge in [0, 0.05) is 13.1 Å². The molecule has 4 rings (SSSR count). The van der Waals surface area contributed by atoms with Crippen LogP contribution in [-0.2, 0) is 13.1 Å². The number of pyridine rings is 3. The average molecular weight is 446 g/mol. The Balaban J connectivity index is 1.48. The summed E-state index contributed by atoms with van der Waals surface area (Å²) < 4.78 is 0. The molecule has 0 saturated heterocycles. The molecule has 1 aliphatic heterocycles. The van der Waals surface area contributed by atoms with Gasteiger partial charge in [0.15, 0.2) is 0 Å². The average Bonchev–Trinajstić information content (AvgIpc) is 2.86. The van der Waals surface area contributed by atoms with Crippen molar-refractivity contribution < 1.29 is 0 Å². The first-order chi connectivity index (χ1) is 16.4. The lowest BCUT2D eigenvalue weighted by molar-refractivity contribution is 0.549. The molecule has 174 valence electrons. The third kappa shape index (κ3) is 7.68. The molecule has 33 heavy (non-hydrogen) atoms. The number of rotatable bonds is 0. The maximum absolute atomic E-state index is 4.87. The van der Waals surface area contributed by atoms with Crippen LogP contribution in [0.2, 0.25) is 0 Å². The Hall–Kier alpha value is -2.71. The minimum absolute atomic E-state index is 0.758. The van der Waals surface area contributed by atoms with Crippen LogP contribution in [0.15, 0.2) is 54.6 Å². The molecular weight excluding hydrogens is 410 g/mol. The molecule has 0 radical (unpaired) electrons. The van der Waals surface area contributed by atoms with E-state index in [1.165, 1.54) is 0 Å². The quantitative estimate of drug-likeness (QED) is 0.423. The molecule has 6 bridgehead atoms. The monoisotopic (exact) mass is 445 g/mol. The fourth-order valence-electron chi connectivity index (χ4n) is 3.86. The fraction of sp³-hybridized carbons (Fsp3) is 0.423. The van der Waals surface area contributed by atoms with Crippen molar-refractivity contribution in [2.24, 2.45) is 0 Å². The number of hydrogen-bond acceptors (Lipinski definition) is 7. The Morgan fingerprint density at radius 1 is 0.424 bits per heavy atom. The highest BCUT2D eigenvalue weighted by Gasteiger charge is 2.07. The second-order valence-electron chi connectivity index (χ2n) is 8.35. The van der Waals surface area contributed by atoms with Crippen LogP contribution in [0.1, 0.15) is 30.7 Å². The number of aromatic nitrogens is 3. The molecule has 3 aromatic heterocycles. The van der Waals surface area contributed by atoms with Crippen LogP contribution in [0, 0.1) is 0 Å². The van der Waals surface area contributed by atoms with Crippen LogP contribution >= 0.6 is 0 Å². The van der Waals surface area contributed by atoms with Crippen molar-refractivity contribution in [3.05, 3.63) is 66.0 Å². The summed E-state index contributed by atoms with van der Waals surface area (Å²) in [4.78, 5) is 14.5. The molecule has 4 heterocycles. The van der Waals surface area contributed by atoms with Crippen molar-refractivity contribution in [1.82, 2.24) is 36.2 Å². The van der Waals surface area contributed by atoms with E-state index in [2.05, 4.69) is 45.5 Å². The van der Waals surface area contributed by atoms with Gasteiger partial charge < -0.3 is 21.3 Å². The van der Waals surface area contributed by atoms with E-state index in [4.69, 9.17) is 15.0 Å². The van der Waals surface area contributed by atoms with E-state index in [1.807, 2.05) is 30.3 Å². The van der Waals surface area contributed by atoms with Crippen molar-refractivity contribution in [2.75, 3.05) is 39.3 Å². The Kier molecular flexibility index (Phi) is 9.31. The molecule has 4 N–H and O–H groups in total. The van der Waals surface area contributed by atoms with Gasteiger partial charge in [-0.05, 0) is 94.9 Å². The smallest absolute Gasteiger partial charge is 0.0894 e. The molecule has 0 unspecified atom stereocenters. The molecule has 0 fully saturated rings. The molecule has 3 aromatic rings. The van der Waals surface area contributed by atoms with Crippen molar-refractivity contribution in [3.63, 3.8) is 0 Å². The van der Waals surface area contributed by atoms with Gasteiger partial charge in [-0.3, -0.25) is 0 Å². The Bertz CT molecular complexity index is 917. The summed E-state index contributed by atoms with van der Waals surface area (Å²) in [7, 11) is 0. The molecule has 7 nitrogen and oxygen atoms in total. The van der Waals surface area contributed by atoms with Gasteiger partial charge in [0.1, 0.15) is 0 Å². The van der Waals surface area contributed by atoms with Gasteiger partial charge in [-0.15, -0.1) is 0 Å². The van der Waals surface area contributed by atoms with E-state index in [-0.39, 0.29) is 0 Å². The van der Waals surface area contributed by atoms with E-state index in [1.54, 1.807) is 0 Å². The predicted molar refractivity (Wildman–Crippen MR) is 134 cm³/mol. The maximum atomic E-state index is 4.87. The van der Waals surface area contributed by atoms with Crippen LogP contribution in [-0.4, -0.2) is 54.2 Å². The minimum Gasteiger partial charge on any atom is -0.317 e. The summed E-state index contributed by atoms with van der Waals surface area (Å²) in [5.41, 5.74) is 5.56. The molecule has 0 aromatic carbocycles. The maximum Gasteiger partial charge on any atom is 0.0894 e. The van der Waals surface area contributed by atoms with E-state index in [0.717, 1.165) is 106 Å². The van der Waals surface area contributed by atoms with Gasteiger partial charge >= 0.3 is 0 Å². The third-order valence-corrected chi connectivity index (χ3v) is 5.62. The Morgan fingerprint density at radius 3 is 1.24 bits per heavy atom. The number of nitrogens with one attached hydrogen (secondary N) is 4. The normalized spacial score (nSPS) is 17.1. The Morgan fingerprint density at radius 2 is 0.788 bits per heavy atom. The van der Waals surface area contributed by atoms with Crippen LogP contribution in [0.4, 0.5) is 0 Å². The van der Waals surface area contributed by atoms with Gasteiger partial charge in [0.2, 0.25) is 0 Å². The van der Waals surface area contributed by atoms with Crippen LogP contribution < -0.4 is 21.3 Å².